The molecule has 1 aromatic carbocycles. The van der Waals surface area contributed by atoms with Gasteiger partial charge in [0.05, 0.1) is 0 Å². The lowest BCUT2D eigenvalue weighted by Crippen LogP contribution is -2.18. The number of ether oxygens (including phenoxy) is 2. The molecule has 1 unspecified atom stereocenters. The topological polar surface area (TPSA) is 35.5 Å². The fraction of sp³-hybridized carbons (Fsp3) is 0.182. The summed E-state index contributed by atoms with van der Waals surface area (Å²) in [5.74, 6) is 0.115. The summed E-state index contributed by atoms with van der Waals surface area (Å²) in [4.78, 5) is 10.8. The molecule has 0 aliphatic heterocycles. The van der Waals surface area contributed by atoms with E-state index in [-0.39, 0.29) is 6.61 Å². The van der Waals surface area contributed by atoms with Gasteiger partial charge in [-0.2, -0.15) is 0 Å². The summed E-state index contributed by atoms with van der Waals surface area (Å²) in [7, 11) is 0. The van der Waals surface area contributed by atoms with Crippen LogP contribution in [0.4, 0.5) is 0 Å². The molecule has 0 aromatic heterocycles. The van der Waals surface area contributed by atoms with Gasteiger partial charge >= 0.3 is 5.97 Å². The summed E-state index contributed by atoms with van der Waals surface area (Å²) in [5.41, 5.74) is -0.810. The van der Waals surface area contributed by atoms with Crippen LogP contribution in [0, 0.1) is 0 Å². The number of para-hydroxylation sites is 1. The third kappa shape index (κ3) is 4.51. The summed E-state index contributed by atoms with van der Waals surface area (Å²) in [5, 5.41) is 0. The fourth-order valence-corrected chi connectivity index (χ4v) is 1.04. The molecule has 0 aliphatic carbocycles. The van der Waals surface area contributed by atoms with Crippen LogP contribution in [0.1, 0.15) is 0 Å². The van der Waals surface area contributed by atoms with E-state index in [2.05, 4.69) is 6.58 Å². The average Bonchev–Trinajstić information content (AvgIpc) is 2.27. The molecule has 80 valence electrons. The lowest BCUT2D eigenvalue weighted by Gasteiger charge is -2.11. The third-order valence-corrected chi connectivity index (χ3v) is 1.75. The van der Waals surface area contributed by atoms with Crippen LogP contribution in [-0.2, 0) is 9.53 Å². The molecule has 1 aromatic rings. The molecule has 0 bridgehead atoms. The number of carbonyl (C=O) groups is 1. The highest BCUT2D eigenvalue weighted by atomic mass is 35.5. The lowest BCUT2D eigenvalue weighted by molar-refractivity contribution is -0.140. The van der Waals surface area contributed by atoms with Gasteiger partial charge < -0.3 is 9.47 Å². The summed E-state index contributed by atoms with van der Waals surface area (Å²) < 4.78 is 9.97. The Bertz CT molecular complexity index is 324. The molecule has 0 saturated heterocycles. The Morgan fingerprint density at radius 3 is 2.73 bits per heavy atom. The van der Waals surface area contributed by atoms with Crippen molar-refractivity contribution < 1.29 is 14.3 Å². The van der Waals surface area contributed by atoms with Crippen molar-refractivity contribution in [3.63, 3.8) is 0 Å². The first kappa shape index (κ1) is 11.6. The molecule has 3 nitrogen and oxygen atoms in total. The predicted octanol–water partition coefficient (Wildman–Crippen LogP) is 2.36. The largest absolute Gasteiger partial charge is 0.488 e. The van der Waals surface area contributed by atoms with E-state index in [1.54, 1.807) is 12.1 Å². The van der Waals surface area contributed by atoms with Gasteiger partial charge in [-0.15, -0.1) is 0 Å². The van der Waals surface area contributed by atoms with Gasteiger partial charge in [-0.25, -0.2) is 4.79 Å². The number of rotatable bonds is 5. The Kier molecular flexibility index (Phi) is 4.71. The maximum absolute atomic E-state index is 10.8. The number of alkyl halides is 1. The minimum Gasteiger partial charge on any atom is -0.488 e. The molecule has 1 atom stereocenters. The van der Waals surface area contributed by atoms with Crippen molar-refractivity contribution in [2.24, 2.45) is 0 Å². The number of halogens is 1. The molecule has 0 radical (unpaired) electrons. The van der Waals surface area contributed by atoms with Gasteiger partial charge in [-0.05, 0) is 12.1 Å². The van der Waals surface area contributed by atoms with Crippen molar-refractivity contribution in [3.8, 4) is 5.75 Å². The molecule has 0 fully saturated rings. The van der Waals surface area contributed by atoms with Gasteiger partial charge in [0.1, 0.15) is 12.4 Å². The molecular weight excluding hydrogens is 216 g/mol. The monoisotopic (exact) mass is 226 g/mol. The first-order chi connectivity index (χ1) is 7.22. The standard InChI is InChI=1S/C11H11ClO3/c1-2-11(13)15-10(12)8-14-9-6-4-3-5-7-9/h2-7,10H,1,8H2. The van der Waals surface area contributed by atoms with Gasteiger partial charge in [-0.1, -0.05) is 36.4 Å². The first-order valence-electron chi connectivity index (χ1n) is 4.37. The second-order valence-electron chi connectivity index (χ2n) is 2.68. The zero-order valence-electron chi connectivity index (χ0n) is 8.06. The highest BCUT2D eigenvalue weighted by molar-refractivity contribution is 6.20. The molecule has 1 rings (SSSR count). The second kappa shape index (κ2) is 6.09. The van der Waals surface area contributed by atoms with Gasteiger partial charge in [0.25, 0.3) is 0 Å². The van der Waals surface area contributed by atoms with Crippen molar-refractivity contribution >= 4 is 17.6 Å². The third-order valence-electron chi connectivity index (χ3n) is 1.53. The highest BCUT2D eigenvalue weighted by Crippen LogP contribution is 2.10. The Morgan fingerprint density at radius 2 is 2.13 bits per heavy atom. The average molecular weight is 227 g/mol. The van der Waals surface area contributed by atoms with Crippen LogP contribution in [0.3, 0.4) is 0 Å². The van der Waals surface area contributed by atoms with Crippen molar-refractivity contribution in [1.29, 1.82) is 0 Å². The second-order valence-corrected chi connectivity index (χ2v) is 3.16. The smallest absolute Gasteiger partial charge is 0.331 e. The fourth-order valence-electron chi connectivity index (χ4n) is 0.887. The SMILES string of the molecule is C=CC(=O)OC(Cl)COc1ccccc1. The van der Waals surface area contributed by atoms with E-state index in [1.807, 2.05) is 18.2 Å². The Labute approximate surface area is 93.3 Å². The minimum atomic E-state index is -0.810. The van der Waals surface area contributed by atoms with Crippen molar-refractivity contribution in [1.82, 2.24) is 0 Å². The van der Waals surface area contributed by atoms with Gasteiger partial charge in [0.2, 0.25) is 5.56 Å². The molecular formula is C11H11ClO3. The molecule has 0 amide bonds. The maximum atomic E-state index is 10.8. The number of carbonyl (C=O) groups excluding carboxylic acids is 1. The van der Waals surface area contributed by atoms with E-state index in [1.165, 1.54) is 0 Å². The van der Waals surface area contributed by atoms with Crippen LogP contribution in [0.25, 0.3) is 0 Å². The van der Waals surface area contributed by atoms with Crippen LogP contribution in [0.2, 0.25) is 0 Å². The van der Waals surface area contributed by atoms with E-state index in [0.717, 1.165) is 6.08 Å². The maximum Gasteiger partial charge on any atom is 0.331 e. The molecule has 4 heteroatoms. The van der Waals surface area contributed by atoms with E-state index in [0.29, 0.717) is 5.75 Å². The summed E-state index contributed by atoms with van der Waals surface area (Å²) in [6.45, 7) is 3.36. The predicted molar refractivity (Wildman–Crippen MR) is 57.9 cm³/mol. The Morgan fingerprint density at radius 1 is 1.47 bits per heavy atom. The molecule has 0 spiro atoms. The molecule has 0 N–H and O–H groups in total. The number of hydrogen-bond acceptors (Lipinski definition) is 3. The number of hydrogen-bond donors (Lipinski definition) is 0. The highest BCUT2D eigenvalue weighted by Gasteiger charge is 2.09. The van der Waals surface area contributed by atoms with Gasteiger partial charge in [0.15, 0.2) is 0 Å². The summed E-state index contributed by atoms with van der Waals surface area (Å²) >= 11 is 5.69. The van der Waals surface area contributed by atoms with E-state index in [9.17, 15) is 4.79 Å². The molecule has 0 saturated carbocycles. The van der Waals surface area contributed by atoms with Gasteiger partial charge in [0, 0.05) is 6.08 Å². The lowest BCUT2D eigenvalue weighted by atomic mass is 10.3. The van der Waals surface area contributed by atoms with E-state index >= 15 is 0 Å². The Hall–Kier alpha value is -1.48. The van der Waals surface area contributed by atoms with Crippen LogP contribution >= 0.6 is 11.6 Å². The van der Waals surface area contributed by atoms with E-state index < -0.39 is 11.5 Å². The van der Waals surface area contributed by atoms with Gasteiger partial charge in [-0.3, -0.25) is 0 Å². The molecule has 15 heavy (non-hydrogen) atoms. The normalized spacial score (nSPS) is 11.5. The minimum absolute atomic E-state index is 0.102. The zero-order chi connectivity index (χ0) is 11.1. The van der Waals surface area contributed by atoms with Crippen molar-refractivity contribution in [2.45, 2.75) is 5.56 Å². The van der Waals surface area contributed by atoms with Crippen LogP contribution < -0.4 is 4.74 Å². The Balaban J connectivity index is 2.31. The number of esters is 1. The van der Waals surface area contributed by atoms with Crippen molar-refractivity contribution in [3.05, 3.63) is 43.0 Å². The van der Waals surface area contributed by atoms with Crippen LogP contribution in [0.15, 0.2) is 43.0 Å². The zero-order valence-corrected chi connectivity index (χ0v) is 8.81. The van der Waals surface area contributed by atoms with Crippen molar-refractivity contribution in [2.75, 3.05) is 6.61 Å². The number of benzene rings is 1. The van der Waals surface area contributed by atoms with E-state index in [4.69, 9.17) is 21.1 Å². The summed E-state index contributed by atoms with van der Waals surface area (Å²) in [6.07, 6.45) is 1.05. The molecule has 0 aliphatic rings. The van der Waals surface area contributed by atoms with Crippen LogP contribution in [0.5, 0.6) is 5.75 Å². The molecule has 0 heterocycles. The quantitative estimate of drug-likeness (QED) is 0.439. The summed E-state index contributed by atoms with van der Waals surface area (Å²) in [6, 6.07) is 9.14. The van der Waals surface area contributed by atoms with Crippen LogP contribution in [-0.4, -0.2) is 18.1 Å². The first-order valence-corrected chi connectivity index (χ1v) is 4.81.